The van der Waals surface area contributed by atoms with Crippen molar-refractivity contribution in [1.29, 1.82) is 0 Å². The van der Waals surface area contributed by atoms with E-state index in [-0.39, 0.29) is 5.11 Å². The summed E-state index contributed by atoms with van der Waals surface area (Å²) in [6, 6.07) is 3.60. The zero-order valence-corrected chi connectivity index (χ0v) is 10.9. The molecule has 0 spiro atoms. The lowest BCUT2D eigenvalue weighted by atomic mass is 10.1. The molecule has 0 atom stereocenters. The van der Waals surface area contributed by atoms with Gasteiger partial charge in [-0.3, -0.25) is 0 Å². The van der Waals surface area contributed by atoms with Gasteiger partial charge in [0.15, 0.2) is 5.11 Å². The maximum Gasteiger partial charge on any atom is 0.416 e. The predicted molar refractivity (Wildman–Crippen MR) is 73.3 cm³/mol. The number of hydrogen-bond donors (Lipinski definition) is 2. The van der Waals surface area contributed by atoms with E-state index in [0.29, 0.717) is 11.4 Å². The average Bonchev–Trinajstić information content (AvgIpc) is 2.80. The maximum atomic E-state index is 12.7. The van der Waals surface area contributed by atoms with Gasteiger partial charge in [-0.25, -0.2) is 0 Å². The predicted octanol–water partition coefficient (Wildman–Crippen LogP) is 2.96. The smallest absolute Gasteiger partial charge is 0.376 e. The molecule has 0 amide bonds. The molecule has 0 unspecified atom stereocenters. The van der Waals surface area contributed by atoms with Crippen LogP contribution < -0.4 is 16.0 Å². The number of hydrogen-bond acceptors (Lipinski definition) is 2. The number of thiocarbonyl (C=S) groups is 1. The quantitative estimate of drug-likeness (QED) is 0.821. The fraction of sp³-hybridized carbons (Fsp3) is 0.417. The van der Waals surface area contributed by atoms with Crippen LogP contribution in [0, 0.1) is 0 Å². The summed E-state index contributed by atoms with van der Waals surface area (Å²) in [7, 11) is 0. The highest BCUT2D eigenvalue weighted by Crippen LogP contribution is 2.36. The normalized spacial score (nSPS) is 15.6. The molecule has 0 aliphatic carbocycles. The highest BCUT2D eigenvalue weighted by Gasteiger charge is 2.31. The highest BCUT2D eigenvalue weighted by atomic mass is 32.1. The zero-order valence-electron chi connectivity index (χ0n) is 10.1. The van der Waals surface area contributed by atoms with Crippen molar-refractivity contribution in [2.45, 2.75) is 19.0 Å². The van der Waals surface area contributed by atoms with Gasteiger partial charge in [0.05, 0.1) is 16.9 Å². The second-order valence-corrected chi connectivity index (χ2v) is 4.85. The van der Waals surface area contributed by atoms with Crippen LogP contribution in [0.15, 0.2) is 18.2 Å². The molecule has 2 rings (SSSR count). The summed E-state index contributed by atoms with van der Waals surface area (Å²) in [4.78, 5) is 2.03. The van der Waals surface area contributed by atoms with Gasteiger partial charge in [-0.1, -0.05) is 0 Å². The van der Waals surface area contributed by atoms with Crippen molar-refractivity contribution in [2.24, 2.45) is 5.73 Å². The highest BCUT2D eigenvalue weighted by molar-refractivity contribution is 7.80. The van der Waals surface area contributed by atoms with Gasteiger partial charge in [0.2, 0.25) is 0 Å². The van der Waals surface area contributed by atoms with Gasteiger partial charge in [0.1, 0.15) is 0 Å². The van der Waals surface area contributed by atoms with E-state index in [0.717, 1.165) is 38.1 Å². The summed E-state index contributed by atoms with van der Waals surface area (Å²) < 4.78 is 38.1. The van der Waals surface area contributed by atoms with E-state index in [4.69, 9.17) is 18.0 Å². The van der Waals surface area contributed by atoms with Gasteiger partial charge in [-0.2, -0.15) is 13.2 Å². The van der Waals surface area contributed by atoms with Gasteiger partial charge in [0.25, 0.3) is 0 Å². The monoisotopic (exact) mass is 289 g/mol. The molecule has 0 bridgehead atoms. The van der Waals surface area contributed by atoms with Crippen LogP contribution in [0.4, 0.5) is 24.5 Å². The number of rotatable bonds is 2. The van der Waals surface area contributed by atoms with Crippen molar-refractivity contribution in [3.63, 3.8) is 0 Å². The molecule has 1 aromatic rings. The van der Waals surface area contributed by atoms with Crippen LogP contribution in [0.1, 0.15) is 18.4 Å². The number of benzene rings is 1. The third-order valence-electron chi connectivity index (χ3n) is 3.03. The van der Waals surface area contributed by atoms with Crippen LogP contribution in [0.5, 0.6) is 0 Å². The van der Waals surface area contributed by atoms with Crippen LogP contribution in [-0.4, -0.2) is 18.2 Å². The van der Waals surface area contributed by atoms with E-state index in [2.05, 4.69) is 5.32 Å². The summed E-state index contributed by atoms with van der Waals surface area (Å²) in [5.41, 5.74) is 5.67. The lowest BCUT2D eigenvalue weighted by Crippen LogP contribution is -2.24. The first-order valence-corrected chi connectivity index (χ1v) is 6.31. The van der Waals surface area contributed by atoms with E-state index in [9.17, 15) is 13.2 Å². The summed E-state index contributed by atoms with van der Waals surface area (Å²) in [6.07, 6.45) is -2.31. The SMILES string of the molecule is NC(=S)Nc1cc(C(F)(F)F)ccc1N1CCCC1. The summed E-state index contributed by atoms with van der Waals surface area (Å²) >= 11 is 4.72. The zero-order chi connectivity index (χ0) is 14.0. The number of anilines is 2. The number of alkyl halides is 3. The Morgan fingerprint density at radius 1 is 1.26 bits per heavy atom. The maximum absolute atomic E-state index is 12.7. The van der Waals surface area contributed by atoms with E-state index in [1.165, 1.54) is 6.07 Å². The van der Waals surface area contributed by atoms with Crippen LogP contribution in [0.25, 0.3) is 0 Å². The number of nitrogens with zero attached hydrogens (tertiary/aromatic N) is 1. The van der Waals surface area contributed by atoms with Gasteiger partial charge >= 0.3 is 6.18 Å². The number of halogens is 3. The minimum Gasteiger partial charge on any atom is -0.376 e. The van der Waals surface area contributed by atoms with Crippen molar-refractivity contribution >= 4 is 28.7 Å². The molecule has 3 N–H and O–H groups in total. The second-order valence-electron chi connectivity index (χ2n) is 4.41. The van der Waals surface area contributed by atoms with Gasteiger partial charge in [-0.15, -0.1) is 0 Å². The molecule has 104 valence electrons. The molecule has 1 aromatic carbocycles. The Labute approximate surface area is 114 Å². The van der Waals surface area contributed by atoms with E-state index in [1.807, 2.05) is 4.90 Å². The van der Waals surface area contributed by atoms with E-state index >= 15 is 0 Å². The van der Waals surface area contributed by atoms with E-state index < -0.39 is 11.7 Å². The Balaban J connectivity index is 2.39. The Morgan fingerprint density at radius 3 is 2.42 bits per heavy atom. The standard InChI is InChI=1S/C12H14F3N3S/c13-12(14,15)8-3-4-10(18-5-1-2-6-18)9(7-8)17-11(16)19/h3-4,7H,1-2,5-6H2,(H3,16,17,19). The lowest BCUT2D eigenvalue weighted by molar-refractivity contribution is -0.137. The molecule has 7 heteroatoms. The Morgan fingerprint density at radius 2 is 1.89 bits per heavy atom. The third kappa shape index (κ3) is 3.28. The molecule has 1 heterocycles. The third-order valence-corrected chi connectivity index (χ3v) is 3.13. The number of nitrogens with one attached hydrogen (secondary N) is 1. The van der Waals surface area contributed by atoms with Gasteiger partial charge < -0.3 is 16.0 Å². The summed E-state index contributed by atoms with van der Waals surface area (Å²) in [5, 5.41) is 2.59. The van der Waals surface area contributed by atoms with Gasteiger partial charge in [0, 0.05) is 13.1 Å². The van der Waals surface area contributed by atoms with Crippen molar-refractivity contribution in [2.75, 3.05) is 23.3 Å². The van der Waals surface area contributed by atoms with Crippen LogP contribution in [0.2, 0.25) is 0 Å². The largest absolute Gasteiger partial charge is 0.416 e. The minimum absolute atomic E-state index is 0.0419. The van der Waals surface area contributed by atoms with Gasteiger partial charge in [-0.05, 0) is 43.3 Å². The molecule has 1 aliphatic heterocycles. The molecular formula is C12H14F3N3S. The molecule has 1 saturated heterocycles. The summed E-state index contributed by atoms with van der Waals surface area (Å²) in [5.74, 6) is 0. The molecule has 3 nitrogen and oxygen atoms in total. The van der Waals surface area contributed by atoms with Crippen molar-refractivity contribution in [1.82, 2.24) is 0 Å². The van der Waals surface area contributed by atoms with Crippen LogP contribution in [-0.2, 0) is 6.18 Å². The first kappa shape index (κ1) is 13.9. The fourth-order valence-corrected chi connectivity index (χ4v) is 2.29. The molecule has 1 fully saturated rings. The Hall–Kier alpha value is -1.50. The topological polar surface area (TPSA) is 41.3 Å². The first-order valence-electron chi connectivity index (χ1n) is 5.90. The first-order chi connectivity index (χ1) is 8.88. The van der Waals surface area contributed by atoms with Crippen LogP contribution in [0.3, 0.4) is 0 Å². The Kier molecular flexibility index (Phi) is 3.84. The van der Waals surface area contributed by atoms with Crippen molar-refractivity contribution < 1.29 is 13.2 Å². The summed E-state index contributed by atoms with van der Waals surface area (Å²) in [6.45, 7) is 1.66. The molecular weight excluding hydrogens is 275 g/mol. The molecule has 1 aliphatic rings. The molecule has 0 radical (unpaired) electrons. The van der Waals surface area contributed by atoms with E-state index in [1.54, 1.807) is 0 Å². The number of nitrogens with two attached hydrogens (primary N) is 1. The molecule has 19 heavy (non-hydrogen) atoms. The average molecular weight is 289 g/mol. The van der Waals surface area contributed by atoms with Crippen molar-refractivity contribution in [3.05, 3.63) is 23.8 Å². The second kappa shape index (κ2) is 5.24. The fourth-order valence-electron chi connectivity index (χ4n) is 2.18. The molecule has 0 aromatic heterocycles. The minimum atomic E-state index is -4.38. The van der Waals surface area contributed by atoms with Crippen molar-refractivity contribution in [3.8, 4) is 0 Å². The molecule has 0 saturated carbocycles. The lowest BCUT2D eigenvalue weighted by Gasteiger charge is -2.22. The van der Waals surface area contributed by atoms with Crippen LogP contribution >= 0.6 is 12.2 Å². The Bertz CT molecular complexity index is 482.